The largest absolute Gasteiger partial charge is 0.455 e. The molecule has 0 aliphatic heterocycles. The molecule has 1 heterocycles. The van der Waals surface area contributed by atoms with Crippen LogP contribution in [-0.4, -0.2) is 0 Å². The number of furan rings is 1. The lowest BCUT2D eigenvalue weighted by Gasteiger charge is -2.26. The van der Waals surface area contributed by atoms with Crippen molar-refractivity contribution in [2.45, 2.75) is 0 Å². The molecule has 9 aromatic rings. The SMILES string of the molecule is [2H]c1c([2H])c([2H])c(-c2c([2H])c([2H])c(N(c3c([2H])c([2H])c(-c4c([2H])c([2H])c([2H])c5c([2H])c([2H])c([2H])c([2H])c45)c([2H])c3[2H])c3cccc4oc5c6ccccc6ccc5c34)c([2H])c2[2H])c([2H])c1[2H]. The first kappa shape index (κ1) is 13.1. The predicted molar refractivity (Wildman–Crippen MR) is 194 cm³/mol. The van der Waals surface area contributed by atoms with Gasteiger partial charge >= 0.3 is 0 Å². The Hall–Kier alpha value is -6.12. The standard InChI is InChI=1S/C44H29NO/c1-2-10-30(11-3-1)31-20-25-35(26-21-31)45(36-27-22-34(23-28-36)38-17-8-14-32-12-4-6-15-37(32)38)41-18-9-19-42-43(41)40-29-24-33-13-5-7-16-39(33)44(40)46-42/h1-29H/i1D,2D,3D,4D,6D,8D,10D,11D,12D,14D,15D,17D,20D,21D,22D,23D,25D,26D,27D,28D. The summed E-state index contributed by atoms with van der Waals surface area (Å²) in [6.07, 6.45) is 0. The second kappa shape index (κ2) is 10.8. The van der Waals surface area contributed by atoms with Gasteiger partial charge in [0.2, 0.25) is 0 Å². The van der Waals surface area contributed by atoms with Crippen LogP contribution in [0.15, 0.2) is 180 Å². The highest BCUT2D eigenvalue weighted by molar-refractivity contribution is 6.19. The molecule has 0 N–H and O–H groups in total. The summed E-state index contributed by atoms with van der Waals surface area (Å²) in [5.41, 5.74) is -3.25. The molecule has 0 aliphatic rings. The van der Waals surface area contributed by atoms with Gasteiger partial charge in [-0.15, -0.1) is 0 Å². The third kappa shape index (κ3) is 4.35. The van der Waals surface area contributed by atoms with E-state index < -0.39 is 165 Å². The summed E-state index contributed by atoms with van der Waals surface area (Å²) in [7, 11) is 0. The van der Waals surface area contributed by atoms with Crippen LogP contribution in [0.4, 0.5) is 17.1 Å². The van der Waals surface area contributed by atoms with Crippen LogP contribution in [0.25, 0.3) is 65.7 Å². The van der Waals surface area contributed by atoms with E-state index in [0.717, 1.165) is 10.3 Å². The van der Waals surface area contributed by atoms with E-state index in [9.17, 15) is 11.0 Å². The Labute approximate surface area is 295 Å². The fourth-order valence-corrected chi connectivity index (χ4v) is 5.53. The Kier molecular flexibility index (Phi) is 3.07. The molecule has 0 saturated heterocycles. The zero-order valence-corrected chi connectivity index (χ0v) is 23.6. The molecule has 0 radical (unpaired) electrons. The number of benzene rings is 8. The van der Waals surface area contributed by atoms with Gasteiger partial charge in [0, 0.05) is 22.1 Å². The average molecular weight is 608 g/mol. The summed E-state index contributed by atoms with van der Waals surface area (Å²) in [6.45, 7) is 0. The van der Waals surface area contributed by atoms with Crippen molar-refractivity contribution in [1.29, 1.82) is 0 Å². The molecule has 1 aromatic heterocycles. The van der Waals surface area contributed by atoms with Gasteiger partial charge in [0.05, 0.1) is 38.5 Å². The maximum Gasteiger partial charge on any atom is 0.143 e. The molecule has 0 bridgehead atoms. The summed E-state index contributed by atoms with van der Waals surface area (Å²) in [6, 6.07) is -1.04. The predicted octanol–water partition coefficient (Wildman–Crippen LogP) is 12.7. The molecule has 2 heteroatoms. The molecule has 9 rings (SSSR count). The van der Waals surface area contributed by atoms with Crippen LogP contribution in [-0.2, 0) is 0 Å². The van der Waals surface area contributed by atoms with E-state index in [-0.39, 0.29) is 16.7 Å². The summed E-state index contributed by atoms with van der Waals surface area (Å²) in [4.78, 5) is 0.984. The molecule has 46 heavy (non-hydrogen) atoms. The van der Waals surface area contributed by atoms with Gasteiger partial charge in [-0.3, -0.25) is 0 Å². The third-order valence-corrected chi connectivity index (χ3v) is 7.59. The fraction of sp³-hybridized carbons (Fsp3) is 0. The number of nitrogens with zero attached hydrogens (tertiary/aromatic N) is 1. The van der Waals surface area contributed by atoms with Crippen LogP contribution in [0.3, 0.4) is 0 Å². The first-order valence-electron chi connectivity index (χ1n) is 24.1. The lowest BCUT2D eigenvalue weighted by atomic mass is 9.98. The highest BCUT2D eigenvalue weighted by Gasteiger charge is 2.20. The van der Waals surface area contributed by atoms with Gasteiger partial charge in [0.1, 0.15) is 11.2 Å². The molecule has 0 fully saturated rings. The van der Waals surface area contributed by atoms with Crippen molar-refractivity contribution >= 4 is 60.5 Å². The maximum absolute atomic E-state index is 9.61. The van der Waals surface area contributed by atoms with Crippen molar-refractivity contribution in [2.75, 3.05) is 4.90 Å². The molecule has 2 nitrogen and oxygen atoms in total. The van der Waals surface area contributed by atoms with E-state index in [2.05, 4.69) is 0 Å². The van der Waals surface area contributed by atoms with E-state index in [1.807, 2.05) is 24.3 Å². The fourth-order valence-electron chi connectivity index (χ4n) is 5.53. The molecule has 0 spiro atoms. The van der Waals surface area contributed by atoms with E-state index >= 15 is 0 Å². The van der Waals surface area contributed by atoms with Crippen molar-refractivity contribution in [2.24, 2.45) is 0 Å². The van der Waals surface area contributed by atoms with E-state index in [1.54, 1.807) is 18.2 Å². The number of hydrogen-bond donors (Lipinski definition) is 0. The first-order chi connectivity index (χ1) is 31.1. The van der Waals surface area contributed by atoms with Crippen molar-refractivity contribution in [3.8, 4) is 22.3 Å². The molecule has 0 unspecified atom stereocenters. The van der Waals surface area contributed by atoms with Gasteiger partial charge in [-0.2, -0.15) is 0 Å². The molecular weight excluding hydrogens is 558 g/mol. The van der Waals surface area contributed by atoms with Crippen LogP contribution < -0.4 is 4.90 Å². The Bertz CT molecular complexity index is 3580. The molecule has 8 aromatic carbocycles. The number of anilines is 3. The Balaban J connectivity index is 1.44. The van der Waals surface area contributed by atoms with Gasteiger partial charge in [-0.05, 0) is 80.8 Å². The molecule has 216 valence electrons. The highest BCUT2D eigenvalue weighted by atomic mass is 16.3. The minimum atomic E-state index is -0.906. The molecular formula is C44H29NO. The van der Waals surface area contributed by atoms with Crippen LogP contribution in [0.1, 0.15) is 27.4 Å². The Morgan fingerprint density at radius 2 is 1.15 bits per heavy atom. The second-order valence-electron chi connectivity index (χ2n) is 10.2. The number of fused-ring (bicyclic) bond motifs is 6. The zero-order chi connectivity index (χ0) is 47.9. The lowest BCUT2D eigenvalue weighted by Crippen LogP contribution is -2.10. The number of rotatable bonds is 5. The molecule has 0 saturated carbocycles. The number of hydrogen-bond acceptors (Lipinski definition) is 2. The topological polar surface area (TPSA) is 16.4 Å². The minimum absolute atomic E-state index is 0.0285. The Morgan fingerprint density at radius 3 is 1.98 bits per heavy atom. The quantitative estimate of drug-likeness (QED) is 0.193. The smallest absolute Gasteiger partial charge is 0.143 e. The van der Waals surface area contributed by atoms with Crippen molar-refractivity contribution < 1.29 is 31.8 Å². The lowest BCUT2D eigenvalue weighted by molar-refractivity contribution is 0.672. The molecule has 0 atom stereocenters. The van der Waals surface area contributed by atoms with Crippen molar-refractivity contribution in [3.63, 3.8) is 0 Å². The van der Waals surface area contributed by atoms with Crippen LogP contribution >= 0.6 is 0 Å². The van der Waals surface area contributed by atoms with Gasteiger partial charge < -0.3 is 9.32 Å². The minimum Gasteiger partial charge on any atom is -0.455 e. The van der Waals surface area contributed by atoms with Crippen molar-refractivity contribution in [1.82, 2.24) is 0 Å². The van der Waals surface area contributed by atoms with Crippen LogP contribution in [0, 0.1) is 0 Å². The summed E-state index contributed by atoms with van der Waals surface area (Å²) in [5, 5.41) is 1.23. The van der Waals surface area contributed by atoms with Gasteiger partial charge in [-0.1, -0.05) is 133 Å². The van der Waals surface area contributed by atoms with Gasteiger partial charge in [0.25, 0.3) is 0 Å². The molecule has 0 aliphatic carbocycles. The zero-order valence-electron chi connectivity index (χ0n) is 43.6. The average Bonchev–Trinajstić information content (AvgIpc) is 3.70. The van der Waals surface area contributed by atoms with E-state index in [0.29, 0.717) is 16.4 Å². The molecule has 0 amide bonds. The highest BCUT2D eigenvalue weighted by Crippen LogP contribution is 2.45. The Morgan fingerprint density at radius 1 is 0.457 bits per heavy atom. The maximum atomic E-state index is 9.61. The second-order valence-corrected chi connectivity index (χ2v) is 10.2. The summed E-state index contributed by atoms with van der Waals surface area (Å²) in [5.74, 6) is 0. The van der Waals surface area contributed by atoms with Crippen LogP contribution in [0.5, 0.6) is 0 Å². The van der Waals surface area contributed by atoms with Crippen molar-refractivity contribution in [3.05, 3.63) is 175 Å². The van der Waals surface area contributed by atoms with Gasteiger partial charge in [-0.25, -0.2) is 0 Å². The van der Waals surface area contributed by atoms with Crippen LogP contribution in [0.2, 0.25) is 0 Å². The summed E-state index contributed by atoms with van der Waals surface area (Å²) >= 11 is 0. The normalized spacial score (nSPS) is 17.6. The van der Waals surface area contributed by atoms with Gasteiger partial charge in [0.15, 0.2) is 0 Å². The third-order valence-electron chi connectivity index (χ3n) is 7.59. The summed E-state index contributed by atoms with van der Waals surface area (Å²) < 4.78 is 184. The monoisotopic (exact) mass is 607 g/mol. The first-order valence-corrected chi connectivity index (χ1v) is 14.1. The van der Waals surface area contributed by atoms with E-state index in [4.69, 9.17) is 20.9 Å². The van der Waals surface area contributed by atoms with E-state index in [1.165, 1.54) is 12.1 Å².